The van der Waals surface area contributed by atoms with Crippen molar-refractivity contribution in [3.8, 4) is 0 Å². The minimum Gasteiger partial charge on any atom is -0.378 e. The molecule has 1 saturated heterocycles. The molecular formula is C12H15Br2NO. The summed E-state index contributed by atoms with van der Waals surface area (Å²) in [7, 11) is 0. The highest BCUT2D eigenvalue weighted by Crippen LogP contribution is 2.17. The van der Waals surface area contributed by atoms with Gasteiger partial charge in [0.2, 0.25) is 0 Å². The largest absolute Gasteiger partial charge is 0.378 e. The molecule has 1 aliphatic rings. The molecule has 2 rings (SSSR count). The van der Waals surface area contributed by atoms with Crippen molar-refractivity contribution >= 4 is 31.9 Å². The number of morpholine rings is 1. The van der Waals surface area contributed by atoms with Gasteiger partial charge in [0.05, 0.1) is 13.2 Å². The fourth-order valence-corrected chi connectivity index (χ4v) is 2.95. The molecule has 0 radical (unpaired) electrons. The first-order chi connectivity index (χ1) is 7.79. The standard InChI is InChI=1S/C12H15Br2NO/c13-7-12-9-16-5-4-15(12)8-10-2-1-3-11(14)6-10/h1-3,6,12H,4-5,7-9H2. The van der Waals surface area contributed by atoms with Crippen LogP contribution in [0.15, 0.2) is 28.7 Å². The van der Waals surface area contributed by atoms with Gasteiger partial charge in [-0.15, -0.1) is 0 Å². The lowest BCUT2D eigenvalue weighted by Gasteiger charge is -2.34. The quantitative estimate of drug-likeness (QED) is 0.778. The van der Waals surface area contributed by atoms with E-state index in [1.54, 1.807) is 0 Å². The average molecular weight is 349 g/mol. The summed E-state index contributed by atoms with van der Waals surface area (Å²) in [6.07, 6.45) is 0. The average Bonchev–Trinajstić information content (AvgIpc) is 2.30. The second kappa shape index (κ2) is 6.15. The number of benzene rings is 1. The Labute approximate surface area is 113 Å². The molecule has 1 aliphatic heterocycles. The highest BCUT2D eigenvalue weighted by molar-refractivity contribution is 9.10. The number of alkyl halides is 1. The Morgan fingerprint density at radius 2 is 2.31 bits per heavy atom. The van der Waals surface area contributed by atoms with E-state index >= 15 is 0 Å². The molecule has 1 atom stereocenters. The Morgan fingerprint density at radius 3 is 3.06 bits per heavy atom. The van der Waals surface area contributed by atoms with Gasteiger partial charge in [0.15, 0.2) is 0 Å². The summed E-state index contributed by atoms with van der Waals surface area (Å²) in [5, 5.41) is 0.973. The van der Waals surface area contributed by atoms with Gasteiger partial charge in [-0.1, -0.05) is 44.0 Å². The Bertz CT molecular complexity index is 346. The van der Waals surface area contributed by atoms with Gasteiger partial charge in [0.1, 0.15) is 0 Å². The number of hydrogen-bond donors (Lipinski definition) is 0. The van der Waals surface area contributed by atoms with Crippen LogP contribution in [0, 0.1) is 0 Å². The van der Waals surface area contributed by atoms with Gasteiger partial charge >= 0.3 is 0 Å². The fourth-order valence-electron chi connectivity index (χ4n) is 1.91. The molecule has 0 spiro atoms. The van der Waals surface area contributed by atoms with Gasteiger partial charge in [0.25, 0.3) is 0 Å². The highest BCUT2D eigenvalue weighted by atomic mass is 79.9. The monoisotopic (exact) mass is 347 g/mol. The summed E-state index contributed by atoms with van der Waals surface area (Å²) >= 11 is 7.05. The fraction of sp³-hybridized carbons (Fsp3) is 0.500. The molecule has 0 amide bonds. The second-order valence-electron chi connectivity index (χ2n) is 3.98. The maximum Gasteiger partial charge on any atom is 0.0630 e. The third-order valence-electron chi connectivity index (χ3n) is 2.80. The van der Waals surface area contributed by atoms with E-state index in [2.05, 4.69) is 61.0 Å². The summed E-state index contributed by atoms with van der Waals surface area (Å²) in [6, 6.07) is 8.99. The number of halogens is 2. The summed E-state index contributed by atoms with van der Waals surface area (Å²) in [5.41, 5.74) is 1.35. The first-order valence-corrected chi connectivity index (χ1v) is 7.33. The Kier molecular flexibility index (Phi) is 4.82. The van der Waals surface area contributed by atoms with Crippen molar-refractivity contribution < 1.29 is 4.74 Å². The van der Waals surface area contributed by atoms with Gasteiger partial charge in [0, 0.05) is 28.9 Å². The Morgan fingerprint density at radius 1 is 1.44 bits per heavy atom. The molecule has 0 aromatic heterocycles. The number of nitrogens with zero attached hydrogens (tertiary/aromatic N) is 1. The van der Waals surface area contributed by atoms with Crippen LogP contribution in [0.25, 0.3) is 0 Å². The first kappa shape index (κ1) is 12.6. The maximum absolute atomic E-state index is 5.48. The van der Waals surface area contributed by atoms with Gasteiger partial charge < -0.3 is 4.74 Å². The maximum atomic E-state index is 5.48. The van der Waals surface area contributed by atoms with Crippen LogP contribution >= 0.6 is 31.9 Å². The minimum absolute atomic E-state index is 0.493. The smallest absolute Gasteiger partial charge is 0.0630 e. The van der Waals surface area contributed by atoms with Crippen LogP contribution in [0.2, 0.25) is 0 Å². The topological polar surface area (TPSA) is 12.5 Å². The van der Waals surface area contributed by atoms with Crippen molar-refractivity contribution in [2.24, 2.45) is 0 Å². The summed E-state index contributed by atoms with van der Waals surface area (Å²) < 4.78 is 6.63. The Balaban J connectivity index is 2.02. The lowest BCUT2D eigenvalue weighted by Crippen LogP contribution is -2.45. The van der Waals surface area contributed by atoms with Crippen LogP contribution in [-0.4, -0.2) is 36.0 Å². The molecule has 1 aromatic carbocycles. The van der Waals surface area contributed by atoms with Crippen molar-refractivity contribution in [1.29, 1.82) is 0 Å². The second-order valence-corrected chi connectivity index (χ2v) is 5.55. The highest BCUT2D eigenvalue weighted by Gasteiger charge is 2.21. The SMILES string of the molecule is BrCC1COCCN1Cc1cccc(Br)c1. The van der Waals surface area contributed by atoms with Gasteiger partial charge in [-0.25, -0.2) is 0 Å². The van der Waals surface area contributed by atoms with E-state index in [0.29, 0.717) is 6.04 Å². The molecular weight excluding hydrogens is 334 g/mol. The zero-order valence-electron chi connectivity index (χ0n) is 9.03. The van der Waals surface area contributed by atoms with E-state index < -0.39 is 0 Å². The van der Waals surface area contributed by atoms with E-state index in [1.165, 1.54) is 5.56 Å². The molecule has 0 bridgehead atoms. The van der Waals surface area contributed by atoms with E-state index in [-0.39, 0.29) is 0 Å². The number of ether oxygens (including phenoxy) is 1. The summed E-state index contributed by atoms with van der Waals surface area (Å²) in [5.74, 6) is 0. The zero-order chi connectivity index (χ0) is 11.4. The van der Waals surface area contributed by atoms with Crippen molar-refractivity contribution in [3.63, 3.8) is 0 Å². The van der Waals surface area contributed by atoms with Crippen molar-refractivity contribution in [3.05, 3.63) is 34.3 Å². The normalized spacial score (nSPS) is 22.2. The van der Waals surface area contributed by atoms with Crippen molar-refractivity contribution in [2.45, 2.75) is 12.6 Å². The molecule has 0 aliphatic carbocycles. The van der Waals surface area contributed by atoms with E-state index in [1.807, 2.05) is 0 Å². The third kappa shape index (κ3) is 3.29. The first-order valence-electron chi connectivity index (χ1n) is 5.42. The van der Waals surface area contributed by atoms with Crippen LogP contribution in [0.5, 0.6) is 0 Å². The molecule has 0 N–H and O–H groups in total. The molecule has 0 saturated carbocycles. The third-order valence-corrected chi connectivity index (χ3v) is 4.04. The van der Waals surface area contributed by atoms with Crippen LogP contribution in [0.4, 0.5) is 0 Å². The van der Waals surface area contributed by atoms with Crippen LogP contribution in [-0.2, 0) is 11.3 Å². The lowest BCUT2D eigenvalue weighted by atomic mass is 10.1. The predicted octanol–water partition coefficient (Wildman–Crippen LogP) is 3.04. The molecule has 1 heterocycles. The van der Waals surface area contributed by atoms with Crippen molar-refractivity contribution in [1.82, 2.24) is 4.90 Å². The number of rotatable bonds is 3. The molecule has 4 heteroatoms. The molecule has 88 valence electrons. The van der Waals surface area contributed by atoms with Gasteiger partial charge in [-0.2, -0.15) is 0 Å². The van der Waals surface area contributed by atoms with Gasteiger partial charge in [-0.3, -0.25) is 4.90 Å². The van der Waals surface area contributed by atoms with E-state index in [9.17, 15) is 0 Å². The van der Waals surface area contributed by atoms with Crippen LogP contribution in [0.1, 0.15) is 5.56 Å². The van der Waals surface area contributed by atoms with Crippen molar-refractivity contribution in [2.75, 3.05) is 25.1 Å². The van der Waals surface area contributed by atoms with E-state index in [0.717, 1.165) is 36.1 Å². The lowest BCUT2D eigenvalue weighted by molar-refractivity contribution is -0.00213. The van der Waals surface area contributed by atoms with Gasteiger partial charge in [-0.05, 0) is 17.7 Å². The Hall–Kier alpha value is 0.100. The van der Waals surface area contributed by atoms with Crippen LogP contribution < -0.4 is 0 Å². The summed E-state index contributed by atoms with van der Waals surface area (Å²) in [6.45, 7) is 3.69. The van der Waals surface area contributed by atoms with Crippen LogP contribution in [0.3, 0.4) is 0 Å². The zero-order valence-corrected chi connectivity index (χ0v) is 12.2. The molecule has 2 nitrogen and oxygen atoms in total. The molecule has 1 unspecified atom stereocenters. The summed E-state index contributed by atoms with van der Waals surface area (Å²) in [4.78, 5) is 2.47. The molecule has 16 heavy (non-hydrogen) atoms. The van der Waals surface area contributed by atoms with E-state index in [4.69, 9.17) is 4.74 Å². The molecule has 1 fully saturated rings. The molecule has 1 aromatic rings. The number of hydrogen-bond acceptors (Lipinski definition) is 2. The predicted molar refractivity (Wildman–Crippen MR) is 73.0 cm³/mol. The minimum atomic E-state index is 0.493.